The fourth-order valence-electron chi connectivity index (χ4n) is 10.4. The number of alkyl carbamates (subject to hydrolysis) is 1. The predicted molar refractivity (Wildman–Crippen MR) is 274 cm³/mol. The molecule has 0 aliphatic carbocycles. The van der Waals surface area contributed by atoms with Gasteiger partial charge < -0.3 is 44.5 Å². The van der Waals surface area contributed by atoms with Gasteiger partial charge in [-0.25, -0.2) is 4.79 Å². The number of nitrogens with two attached hydrogens (primary N) is 1. The summed E-state index contributed by atoms with van der Waals surface area (Å²) in [5, 5.41) is 3.04. The van der Waals surface area contributed by atoms with Gasteiger partial charge in [0.25, 0.3) is 0 Å². The first-order valence-electron chi connectivity index (χ1n) is 22.0. The Hall–Kier alpha value is -1.50. The number of ether oxygens (including phenoxy) is 5. The van der Waals surface area contributed by atoms with Gasteiger partial charge >= 0.3 is 55.5 Å². The zero-order chi connectivity index (χ0) is 46.5. The van der Waals surface area contributed by atoms with Crippen LogP contribution in [-0.4, -0.2) is 148 Å². The van der Waals surface area contributed by atoms with E-state index in [0.717, 1.165) is 56.0 Å². The fraction of sp³-hybridized carbons (Fsp3) is 0.667. The van der Waals surface area contributed by atoms with Crippen molar-refractivity contribution in [3.63, 3.8) is 0 Å². The van der Waals surface area contributed by atoms with Gasteiger partial charge in [-0.3, -0.25) is 28.2 Å². The topological polar surface area (TPSA) is 148 Å². The van der Waals surface area contributed by atoms with Crippen molar-refractivity contribution in [1.29, 1.82) is 0 Å². The number of carbonyl (C=O) groups excluding carboxylic acids is 3. The Morgan fingerprint density at radius 3 is 1.52 bits per heavy atom. The van der Waals surface area contributed by atoms with Crippen LogP contribution in [-0.2, 0) is 36.6 Å². The molecule has 4 fully saturated rings. The number of alkyl halides is 2. The molecule has 8 atom stereocenters. The summed E-state index contributed by atoms with van der Waals surface area (Å²) in [4.78, 5) is 46.2. The molecule has 0 saturated carbocycles. The van der Waals surface area contributed by atoms with Crippen LogP contribution in [0.1, 0.15) is 80.8 Å². The van der Waals surface area contributed by atoms with Crippen molar-refractivity contribution in [3.05, 3.63) is 46.5 Å². The van der Waals surface area contributed by atoms with Gasteiger partial charge in [-0.05, 0) is 93.0 Å². The van der Waals surface area contributed by atoms with E-state index in [-0.39, 0.29) is 104 Å². The summed E-state index contributed by atoms with van der Waals surface area (Å²) < 4.78 is 53.9. The second kappa shape index (κ2) is 26.8. The van der Waals surface area contributed by atoms with Crippen LogP contribution in [0.2, 0.25) is 0 Å². The SMILES string of the molecule is COc1cc2c(cc1OC)[C@@H]1C[C@H](N)[C@@H](N3C[C@@H](CF)CC3=O)CN1CC2.COc1cc2c(cc1OC)[C@@H]1C[C@H](NC(=O)OC(C)(C)C)[C@@H](N3C[C@@H](CF)CC3=O)CN1CC2.Cl.Cl.Cl.[I][V][I]. The molecule has 0 spiro atoms. The van der Waals surface area contributed by atoms with Crippen LogP contribution >= 0.6 is 77.2 Å². The zero-order valence-corrected chi connectivity index (χ0v) is 47.3. The van der Waals surface area contributed by atoms with Crippen LogP contribution in [0.5, 0.6) is 23.0 Å². The molecule has 2 aromatic carbocycles. The van der Waals surface area contributed by atoms with E-state index in [4.69, 9.17) is 29.4 Å². The molecule has 0 bridgehead atoms. The van der Waals surface area contributed by atoms with E-state index < -0.39 is 25.0 Å². The number of fused-ring (bicyclic) bond motifs is 6. The van der Waals surface area contributed by atoms with Gasteiger partial charge in [0, 0.05) is 82.1 Å². The number of nitrogens with one attached hydrogen (secondary N) is 1. The Balaban J connectivity index is 0.000000328. The third kappa shape index (κ3) is 14.1. The number of rotatable bonds is 9. The number of halogens is 7. The zero-order valence-electron chi connectivity index (χ0n) is 39.1. The number of methoxy groups -OCH3 is 4. The van der Waals surface area contributed by atoms with Crippen molar-refractivity contribution >= 4 is 95.1 Å². The molecule has 0 unspecified atom stereocenters. The molecule has 0 radical (unpaired) electrons. The standard InChI is InChI=1S/C25H36FN3O5.C20H28FN3O3.3ClH.2HI.V/c1-25(2,3)34-24(31)27-18-11-19-17-10-22(33-5)21(32-4)9-16(17)6-7-28(19)14-20(18)29-13-15(12-26)8-23(29)30;1-26-18-6-13-3-4-23-11-17(24-10-12(9-21)5-20(24)25)15(22)8-16(23)14(13)7-19(18)27-2;;;;;;/h9-10,15,18-20H,6-8,11-14H2,1-5H3,(H,27,31);6-7,12,15-17H,3-5,8-11,22H2,1-2H3;5*1H;/q;;;;;;;+2/p-2/t15-,18+,19+,20+;12-,15+,16+,17+;;;;;;/m11....../s1. The summed E-state index contributed by atoms with van der Waals surface area (Å²) in [6.07, 6.45) is 3.18. The van der Waals surface area contributed by atoms with Crippen LogP contribution in [0.3, 0.4) is 0 Å². The predicted octanol–water partition coefficient (Wildman–Crippen LogP) is 7.64. The number of carbonyl (C=O) groups is 3. The Morgan fingerprint density at radius 1 is 0.716 bits per heavy atom. The second-order valence-electron chi connectivity index (χ2n) is 18.5. The van der Waals surface area contributed by atoms with E-state index in [2.05, 4.69) is 67.2 Å². The molecule has 67 heavy (non-hydrogen) atoms. The average molecular weight is 1270 g/mol. The van der Waals surface area contributed by atoms with Gasteiger partial charge in [-0.1, -0.05) is 0 Å². The first-order valence-corrected chi connectivity index (χ1v) is 31.0. The van der Waals surface area contributed by atoms with E-state index in [1.54, 1.807) is 33.3 Å². The van der Waals surface area contributed by atoms with Gasteiger partial charge in [0.15, 0.2) is 23.0 Å². The molecule has 6 aliphatic rings. The van der Waals surface area contributed by atoms with E-state index in [1.807, 2.05) is 37.8 Å². The molecule has 6 heterocycles. The van der Waals surface area contributed by atoms with Crippen LogP contribution in [0.25, 0.3) is 0 Å². The number of hydrogen-bond acceptors (Lipinski definition) is 11. The van der Waals surface area contributed by atoms with Gasteiger partial charge in [0.1, 0.15) is 5.60 Å². The first-order chi connectivity index (χ1) is 30.6. The van der Waals surface area contributed by atoms with Gasteiger partial charge in [0.05, 0.1) is 59.9 Å². The molecule has 379 valence electrons. The van der Waals surface area contributed by atoms with Crippen molar-refractivity contribution in [2.75, 3.05) is 81.1 Å². The minimum atomic E-state index is -0.634. The molecule has 4 saturated heterocycles. The summed E-state index contributed by atoms with van der Waals surface area (Å²) in [5.74, 6) is 2.38. The monoisotopic (exact) mass is 1270 g/mol. The Bertz CT molecular complexity index is 1990. The van der Waals surface area contributed by atoms with E-state index in [1.165, 1.54) is 16.7 Å². The summed E-state index contributed by atoms with van der Waals surface area (Å²) in [5.41, 5.74) is 10.7. The Labute approximate surface area is 441 Å². The Kier molecular flexibility index (Phi) is 23.9. The fourth-order valence-corrected chi connectivity index (χ4v) is 10.4. The molecule has 3 N–H and O–H groups in total. The molecular formula is C45H67Cl3F2I2N6O8V. The quantitative estimate of drug-likeness (QED) is 0.239. The minimum absolute atomic E-state index is 0. The summed E-state index contributed by atoms with van der Waals surface area (Å²) in [7, 11) is 7.17. The number of amides is 3. The number of benzene rings is 2. The first kappa shape index (κ1) is 59.8. The maximum absolute atomic E-state index is 13.4. The molecular weight excluding hydrogens is 1200 g/mol. The third-order valence-corrected chi connectivity index (χ3v) is 13.4. The van der Waals surface area contributed by atoms with Crippen molar-refractivity contribution < 1.29 is 56.3 Å². The number of piperidine rings is 2. The summed E-state index contributed by atoms with van der Waals surface area (Å²) in [6.45, 7) is 8.47. The molecule has 22 heteroatoms. The molecule has 6 aliphatic heterocycles. The van der Waals surface area contributed by atoms with E-state index in [0.29, 0.717) is 53.4 Å². The van der Waals surface area contributed by atoms with Crippen molar-refractivity contribution in [2.45, 2.75) is 101 Å². The van der Waals surface area contributed by atoms with Crippen molar-refractivity contribution in [1.82, 2.24) is 24.9 Å². The van der Waals surface area contributed by atoms with Crippen LogP contribution < -0.4 is 30.0 Å². The summed E-state index contributed by atoms with van der Waals surface area (Å²) in [6, 6.07) is 7.74. The number of nitrogens with zero attached hydrogens (tertiary/aromatic N) is 4. The van der Waals surface area contributed by atoms with Gasteiger partial charge in [0.2, 0.25) is 11.8 Å². The normalized spacial score (nSPS) is 26.4. The third-order valence-electron chi connectivity index (χ3n) is 13.4. The van der Waals surface area contributed by atoms with E-state index in [9.17, 15) is 23.2 Å². The molecule has 3 amide bonds. The molecule has 2 aromatic rings. The van der Waals surface area contributed by atoms with Gasteiger partial charge in [-0.15, -0.1) is 37.2 Å². The molecule has 14 nitrogen and oxygen atoms in total. The van der Waals surface area contributed by atoms with Crippen LogP contribution in [0.15, 0.2) is 24.3 Å². The molecule has 0 aromatic heterocycles. The summed E-state index contributed by atoms with van der Waals surface area (Å²) >= 11 is 4.74. The Morgan fingerprint density at radius 2 is 1.12 bits per heavy atom. The van der Waals surface area contributed by atoms with Crippen LogP contribution in [0.4, 0.5) is 13.6 Å². The van der Waals surface area contributed by atoms with E-state index >= 15 is 0 Å². The average Bonchev–Trinajstić information content (AvgIpc) is 3.85. The number of hydrogen-bond donors (Lipinski definition) is 2. The van der Waals surface area contributed by atoms with Crippen molar-refractivity contribution in [2.24, 2.45) is 17.6 Å². The number of likely N-dealkylation sites (tertiary alicyclic amines) is 2. The van der Waals surface area contributed by atoms with Crippen LogP contribution in [0, 0.1) is 11.8 Å². The molecule has 8 rings (SSSR count). The maximum atomic E-state index is 13.4. The van der Waals surface area contributed by atoms with Gasteiger partial charge in [-0.2, -0.15) is 0 Å². The second-order valence-corrected chi connectivity index (χ2v) is 30.3. The van der Waals surface area contributed by atoms with Crippen molar-refractivity contribution in [3.8, 4) is 23.0 Å².